The molecule has 40 valence electrons. The van der Waals surface area contributed by atoms with Gasteiger partial charge in [-0.1, -0.05) is 0 Å². The van der Waals surface area contributed by atoms with Crippen LogP contribution in [0.3, 0.4) is 0 Å². The van der Waals surface area contributed by atoms with Crippen LogP contribution in [0.25, 0.3) is 0 Å². The second-order valence-electron chi connectivity index (χ2n) is 0.470. The Morgan fingerprint density at radius 1 is 1.71 bits per heavy atom. The molecular weight excluding hydrogens is 96.0 g/mol. The summed E-state index contributed by atoms with van der Waals surface area (Å²) in [6.45, 7) is 0. The fraction of sp³-hybridized carbons (Fsp3) is 0.250. The van der Waals surface area contributed by atoms with Crippen molar-refractivity contribution >= 4 is 6.16 Å². The highest BCUT2D eigenvalue weighted by Gasteiger charge is 1.80. The van der Waals surface area contributed by atoms with E-state index in [4.69, 9.17) is 9.90 Å². The molecular formula is C4H6O3. The van der Waals surface area contributed by atoms with Crippen LogP contribution < -0.4 is 0 Å². The summed E-state index contributed by atoms with van der Waals surface area (Å²) in [6, 6.07) is 0. The molecule has 1 N–H and O–H groups in total. The molecule has 0 unspecified atom stereocenters. The van der Waals surface area contributed by atoms with E-state index < -0.39 is 6.16 Å². The number of carboxylic acid groups (broad SMARTS) is 1. The first-order valence-electron chi connectivity index (χ1n) is 1.37. The summed E-state index contributed by atoms with van der Waals surface area (Å²) in [5, 5.41) is 7.50. The molecule has 0 heterocycles. The molecule has 3 heteroatoms. The average molecular weight is 102 g/mol. The minimum absolute atomic E-state index is 1.10. The van der Waals surface area contributed by atoms with E-state index in [1.807, 2.05) is 0 Å². The molecule has 0 atom stereocenters. The maximum Gasteiger partial charge on any atom is 0.505 e. The number of methoxy groups -OCH3 is 1. The minimum atomic E-state index is -1.25. The van der Waals surface area contributed by atoms with Crippen LogP contribution in [0.5, 0.6) is 0 Å². The first kappa shape index (κ1) is 9.27. The van der Waals surface area contributed by atoms with Crippen molar-refractivity contribution in [1.82, 2.24) is 0 Å². The third-order valence-corrected chi connectivity index (χ3v) is 0.175. The van der Waals surface area contributed by atoms with Gasteiger partial charge in [-0.3, -0.25) is 0 Å². The molecule has 0 aliphatic heterocycles. The predicted molar refractivity (Wildman–Crippen MR) is 24.9 cm³/mol. The van der Waals surface area contributed by atoms with Crippen LogP contribution in [0, 0.1) is 12.8 Å². The Balaban J connectivity index is 0. The predicted octanol–water partition coefficient (Wildman–Crippen LogP) is 0.560. The second kappa shape index (κ2) is 8.85. The molecule has 0 aromatic rings. The first-order valence-corrected chi connectivity index (χ1v) is 1.37. The van der Waals surface area contributed by atoms with Crippen LogP contribution in [0.2, 0.25) is 0 Å². The molecule has 0 spiro atoms. The van der Waals surface area contributed by atoms with Gasteiger partial charge < -0.3 is 9.84 Å². The topological polar surface area (TPSA) is 46.5 Å². The number of ether oxygens (including phenoxy) is 1. The summed E-state index contributed by atoms with van der Waals surface area (Å²) >= 11 is 0. The largest absolute Gasteiger partial charge is 0.505 e. The maximum atomic E-state index is 9.15. The van der Waals surface area contributed by atoms with Gasteiger partial charge in [0.25, 0.3) is 0 Å². The van der Waals surface area contributed by atoms with Crippen LogP contribution in [0.4, 0.5) is 4.79 Å². The fourth-order valence-corrected chi connectivity index (χ4v) is 0. The maximum absolute atomic E-state index is 9.15. The van der Waals surface area contributed by atoms with Crippen LogP contribution >= 0.6 is 0 Å². The molecule has 0 saturated carbocycles. The van der Waals surface area contributed by atoms with Gasteiger partial charge in [-0.15, -0.1) is 12.8 Å². The molecule has 7 heavy (non-hydrogen) atoms. The van der Waals surface area contributed by atoms with Crippen molar-refractivity contribution in [2.24, 2.45) is 0 Å². The Labute approximate surface area is 41.9 Å². The normalized spacial score (nSPS) is 5.00. The van der Waals surface area contributed by atoms with Crippen molar-refractivity contribution in [2.75, 3.05) is 7.11 Å². The molecule has 0 aromatic heterocycles. The van der Waals surface area contributed by atoms with Gasteiger partial charge in [-0.05, 0) is 0 Å². The van der Waals surface area contributed by atoms with Gasteiger partial charge in [0.2, 0.25) is 0 Å². The van der Waals surface area contributed by atoms with Gasteiger partial charge in [-0.25, -0.2) is 4.79 Å². The smallest absolute Gasteiger partial charge is 0.450 e. The summed E-state index contributed by atoms with van der Waals surface area (Å²) in [5.74, 6) is 0. The van der Waals surface area contributed by atoms with Gasteiger partial charge in [0.15, 0.2) is 0 Å². The van der Waals surface area contributed by atoms with E-state index in [1.54, 1.807) is 0 Å². The number of carbonyl (C=O) groups is 1. The molecule has 0 radical (unpaired) electrons. The first-order chi connectivity index (χ1) is 3.27. The van der Waals surface area contributed by atoms with E-state index >= 15 is 0 Å². The molecule has 0 rings (SSSR count). The summed E-state index contributed by atoms with van der Waals surface area (Å²) in [4.78, 5) is 9.15. The van der Waals surface area contributed by atoms with E-state index in [1.165, 1.54) is 0 Å². The summed E-state index contributed by atoms with van der Waals surface area (Å²) in [5.41, 5.74) is 0. The molecule has 0 aliphatic rings. The Morgan fingerprint density at radius 3 is 1.86 bits per heavy atom. The highest BCUT2D eigenvalue weighted by Crippen LogP contribution is 1.60. The SMILES string of the molecule is C#C.COC(=O)O. The van der Waals surface area contributed by atoms with Crippen molar-refractivity contribution in [3.05, 3.63) is 0 Å². The Kier molecular flexibility index (Phi) is 11.7. The lowest BCUT2D eigenvalue weighted by Crippen LogP contribution is -1.91. The lowest BCUT2D eigenvalue weighted by Gasteiger charge is -1.79. The zero-order chi connectivity index (χ0) is 6.28. The molecule has 0 fully saturated rings. The number of hydrogen-bond donors (Lipinski definition) is 1. The van der Waals surface area contributed by atoms with Crippen LogP contribution in [0.15, 0.2) is 0 Å². The molecule has 0 saturated heterocycles. The summed E-state index contributed by atoms with van der Waals surface area (Å²) in [7, 11) is 1.10. The quantitative estimate of drug-likeness (QED) is 0.359. The molecule has 0 aromatic carbocycles. The van der Waals surface area contributed by atoms with Crippen LogP contribution in [-0.2, 0) is 4.74 Å². The van der Waals surface area contributed by atoms with E-state index in [2.05, 4.69) is 17.6 Å². The molecule has 0 amide bonds. The average Bonchev–Trinajstić information content (AvgIpc) is 1.73. The van der Waals surface area contributed by atoms with Crippen molar-refractivity contribution in [1.29, 1.82) is 0 Å². The fourth-order valence-electron chi connectivity index (χ4n) is 0. The monoisotopic (exact) mass is 102 g/mol. The van der Waals surface area contributed by atoms with Gasteiger partial charge in [0, 0.05) is 0 Å². The summed E-state index contributed by atoms with van der Waals surface area (Å²) < 4.78 is 3.67. The number of terminal acetylenes is 1. The highest BCUT2D eigenvalue weighted by molar-refractivity contribution is 5.56. The highest BCUT2D eigenvalue weighted by atomic mass is 16.6. The number of hydrogen-bond acceptors (Lipinski definition) is 2. The van der Waals surface area contributed by atoms with Crippen LogP contribution in [-0.4, -0.2) is 18.4 Å². The standard InChI is InChI=1S/C2H4O3.C2H2/c1-5-2(3)4;1-2/h1H3,(H,3,4);1-2H. The van der Waals surface area contributed by atoms with Crippen molar-refractivity contribution in [3.63, 3.8) is 0 Å². The number of rotatable bonds is 0. The third-order valence-electron chi connectivity index (χ3n) is 0.175. The lowest BCUT2D eigenvalue weighted by atomic mass is 11.4. The third kappa shape index (κ3) is 56.2. The van der Waals surface area contributed by atoms with Gasteiger partial charge in [0.05, 0.1) is 7.11 Å². The van der Waals surface area contributed by atoms with E-state index in [0.717, 1.165) is 7.11 Å². The lowest BCUT2D eigenvalue weighted by molar-refractivity contribution is 0.114. The van der Waals surface area contributed by atoms with E-state index in [-0.39, 0.29) is 0 Å². The Bertz CT molecular complexity index is 64.6. The molecule has 0 aliphatic carbocycles. The van der Waals surface area contributed by atoms with Gasteiger partial charge in [0.1, 0.15) is 0 Å². The van der Waals surface area contributed by atoms with Crippen molar-refractivity contribution in [3.8, 4) is 12.8 Å². The molecule has 3 nitrogen and oxygen atoms in total. The summed E-state index contributed by atoms with van der Waals surface area (Å²) in [6.07, 6.45) is 6.75. The van der Waals surface area contributed by atoms with E-state index in [0.29, 0.717) is 0 Å². The van der Waals surface area contributed by atoms with Crippen LogP contribution in [0.1, 0.15) is 0 Å². The Morgan fingerprint density at radius 2 is 1.86 bits per heavy atom. The minimum Gasteiger partial charge on any atom is -0.450 e. The van der Waals surface area contributed by atoms with E-state index in [9.17, 15) is 0 Å². The molecule has 0 bridgehead atoms. The van der Waals surface area contributed by atoms with Crippen molar-refractivity contribution < 1.29 is 14.6 Å². The second-order valence-corrected chi connectivity index (χ2v) is 0.470. The zero-order valence-corrected chi connectivity index (χ0v) is 3.92. The van der Waals surface area contributed by atoms with Gasteiger partial charge >= 0.3 is 6.16 Å². The Hall–Kier alpha value is -1.17. The van der Waals surface area contributed by atoms with Gasteiger partial charge in [-0.2, -0.15) is 0 Å². The zero-order valence-electron chi connectivity index (χ0n) is 3.92. The van der Waals surface area contributed by atoms with Crippen molar-refractivity contribution in [2.45, 2.75) is 0 Å².